The van der Waals surface area contributed by atoms with Crippen molar-refractivity contribution in [2.75, 3.05) is 39.8 Å². The molecule has 1 aliphatic heterocycles. The summed E-state index contributed by atoms with van der Waals surface area (Å²) >= 11 is 0. The molecule has 29 heavy (non-hydrogen) atoms. The van der Waals surface area contributed by atoms with Gasteiger partial charge in [-0.25, -0.2) is 9.97 Å². The minimum absolute atomic E-state index is 0.0287. The lowest BCUT2D eigenvalue weighted by molar-refractivity contribution is 0.0690. The zero-order valence-corrected chi connectivity index (χ0v) is 17.8. The van der Waals surface area contributed by atoms with Crippen LogP contribution in [0.4, 0.5) is 0 Å². The quantitative estimate of drug-likeness (QED) is 0.686. The molecule has 1 unspecified atom stereocenters. The Balaban J connectivity index is 1.53. The summed E-state index contributed by atoms with van der Waals surface area (Å²) in [7, 11) is 1.71. The van der Waals surface area contributed by atoms with Gasteiger partial charge in [0.15, 0.2) is 0 Å². The number of amides is 1. The number of carbonyl (C=O) groups excluding carboxylic acids is 1. The van der Waals surface area contributed by atoms with Gasteiger partial charge in [-0.15, -0.1) is 0 Å². The molecule has 0 N–H and O–H groups in total. The highest BCUT2D eigenvalue weighted by molar-refractivity contribution is 5.93. The van der Waals surface area contributed by atoms with Gasteiger partial charge >= 0.3 is 0 Å². The van der Waals surface area contributed by atoms with E-state index in [1.54, 1.807) is 19.5 Å². The summed E-state index contributed by atoms with van der Waals surface area (Å²) in [5, 5.41) is 0. The van der Waals surface area contributed by atoms with Gasteiger partial charge in [-0.1, -0.05) is 12.1 Å². The minimum atomic E-state index is 0.0287. The molecule has 1 aliphatic rings. The number of carbonyl (C=O) groups is 1. The molecule has 1 atom stereocenters. The Bertz CT molecular complexity index is 794. The van der Waals surface area contributed by atoms with Crippen LogP contribution in [-0.2, 0) is 6.42 Å². The molecule has 156 valence electrons. The predicted molar refractivity (Wildman–Crippen MR) is 114 cm³/mol. The van der Waals surface area contributed by atoms with E-state index >= 15 is 0 Å². The lowest BCUT2D eigenvalue weighted by atomic mass is 9.96. The molecule has 2 heterocycles. The van der Waals surface area contributed by atoms with Gasteiger partial charge in [-0.3, -0.25) is 4.79 Å². The fourth-order valence-electron chi connectivity index (χ4n) is 3.97. The Hall–Kier alpha value is -2.47. The summed E-state index contributed by atoms with van der Waals surface area (Å²) in [6, 6.07) is 8.30. The average Bonchev–Trinajstić information content (AvgIpc) is 2.76. The van der Waals surface area contributed by atoms with Gasteiger partial charge in [0.25, 0.3) is 5.91 Å². The molecule has 0 spiro atoms. The van der Waals surface area contributed by atoms with E-state index < -0.39 is 0 Å². The number of nitrogens with zero attached hydrogens (tertiary/aromatic N) is 4. The number of hydrogen-bond acceptors (Lipinski definition) is 5. The summed E-state index contributed by atoms with van der Waals surface area (Å²) < 4.78 is 5.33. The molecule has 1 aromatic heterocycles. The van der Waals surface area contributed by atoms with E-state index in [1.165, 1.54) is 18.4 Å². The van der Waals surface area contributed by atoms with Gasteiger partial charge in [0, 0.05) is 38.6 Å². The predicted octanol–water partition coefficient (Wildman–Crippen LogP) is 3.21. The molecule has 1 aromatic carbocycles. The second kappa shape index (κ2) is 10.3. The van der Waals surface area contributed by atoms with Crippen LogP contribution < -0.4 is 4.74 Å². The highest BCUT2D eigenvalue weighted by Crippen LogP contribution is 2.20. The lowest BCUT2D eigenvalue weighted by Crippen LogP contribution is -2.43. The van der Waals surface area contributed by atoms with Crippen molar-refractivity contribution in [2.24, 2.45) is 5.92 Å². The molecule has 2 aromatic rings. The molecule has 1 fully saturated rings. The lowest BCUT2D eigenvalue weighted by Gasteiger charge is -2.35. The number of hydrogen-bond donors (Lipinski definition) is 0. The summed E-state index contributed by atoms with van der Waals surface area (Å²) in [4.78, 5) is 25.6. The minimum Gasteiger partial charge on any atom is -0.497 e. The Morgan fingerprint density at radius 3 is 2.83 bits per heavy atom. The first-order chi connectivity index (χ1) is 14.1. The van der Waals surface area contributed by atoms with Crippen LogP contribution in [0, 0.1) is 12.8 Å². The largest absolute Gasteiger partial charge is 0.497 e. The van der Waals surface area contributed by atoms with Gasteiger partial charge in [-0.05, 0) is 63.3 Å². The van der Waals surface area contributed by atoms with Crippen LogP contribution in [0.2, 0.25) is 0 Å². The molecule has 1 amide bonds. The van der Waals surface area contributed by atoms with Crippen LogP contribution >= 0.6 is 0 Å². The Kier molecular flexibility index (Phi) is 7.58. The second-order valence-corrected chi connectivity index (χ2v) is 7.77. The summed E-state index contributed by atoms with van der Waals surface area (Å²) in [6.45, 7) is 8.57. The van der Waals surface area contributed by atoms with Crippen LogP contribution in [-0.4, -0.2) is 65.5 Å². The first kappa shape index (κ1) is 21.2. The monoisotopic (exact) mass is 396 g/mol. The molecule has 1 saturated heterocycles. The SMILES string of the molecule is CCN(CC1CCCN(CCc2cccc(OC)c2)C1)C(=O)c1cnc(C)nc1. The maximum absolute atomic E-state index is 12.8. The molecular formula is C23H32N4O2. The Morgan fingerprint density at radius 2 is 2.10 bits per heavy atom. The van der Waals surface area contributed by atoms with E-state index in [-0.39, 0.29) is 5.91 Å². The summed E-state index contributed by atoms with van der Waals surface area (Å²) in [6.07, 6.45) is 6.64. The zero-order valence-electron chi connectivity index (χ0n) is 17.8. The highest BCUT2D eigenvalue weighted by Gasteiger charge is 2.24. The van der Waals surface area contributed by atoms with Crippen LogP contribution in [0.25, 0.3) is 0 Å². The van der Waals surface area contributed by atoms with E-state index in [4.69, 9.17) is 4.74 Å². The molecule has 3 rings (SSSR count). The first-order valence-electron chi connectivity index (χ1n) is 10.5. The van der Waals surface area contributed by atoms with E-state index in [2.05, 4.69) is 27.0 Å². The van der Waals surface area contributed by atoms with Crippen molar-refractivity contribution >= 4 is 5.91 Å². The van der Waals surface area contributed by atoms with Crippen molar-refractivity contribution in [2.45, 2.75) is 33.1 Å². The first-order valence-corrected chi connectivity index (χ1v) is 10.5. The van der Waals surface area contributed by atoms with E-state index in [1.807, 2.05) is 30.9 Å². The van der Waals surface area contributed by atoms with Gasteiger partial charge in [-0.2, -0.15) is 0 Å². The number of benzene rings is 1. The molecule has 0 bridgehead atoms. The molecule has 6 heteroatoms. The van der Waals surface area contributed by atoms with Gasteiger partial charge < -0.3 is 14.5 Å². The molecule has 0 aliphatic carbocycles. The van der Waals surface area contributed by atoms with Crippen molar-refractivity contribution in [1.82, 2.24) is 19.8 Å². The summed E-state index contributed by atoms with van der Waals surface area (Å²) in [5.74, 6) is 2.13. The van der Waals surface area contributed by atoms with Crippen molar-refractivity contribution in [3.05, 3.63) is 53.6 Å². The van der Waals surface area contributed by atoms with Crippen LogP contribution in [0.15, 0.2) is 36.7 Å². The third-order valence-corrected chi connectivity index (χ3v) is 5.63. The van der Waals surface area contributed by atoms with Crippen molar-refractivity contribution in [1.29, 1.82) is 0 Å². The van der Waals surface area contributed by atoms with Crippen molar-refractivity contribution in [3.63, 3.8) is 0 Å². The van der Waals surface area contributed by atoms with E-state index in [0.29, 0.717) is 23.9 Å². The maximum Gasteiger partial charge on any atom is 0.256 e. The zero-order chi connectivity index (χ0) is 20.6. The number of aryl methyl sites for hydroxylation is 1. The topological polar surface area (TPSA) is 58.6 Å². The normalized spacial score (nSPS) is 17.1. The highest BCUT2D eigenvalue weighted by atomic mass is 16.5. The Morgan fingerprint density at radius 1 is 1.31 bits per heavy atom. The average molecular weight is 397 g/mol. The fourth-order valence-corrected chi connectivity index (χ4v) is 3.97. The van der Waals surface area contributed by atoms with Crippen molar-refractivity contribution < 1.29 is 9.53 Å². The van der Waals surface area contributed by atoms with E-state index in [9.17, 15) is 4.79 Å². The van der Waals surface area contributed by atoms with Crippen LogP contribution in [0.1, 0.15) is 41.5 Å². The molecule has 0 saturated carbocycles. The third kappa shape index (κ3) is 6.00. The Labute approximate surface area is 173 Å². The number of piperidine rings is 1. The fraction of sp³-hybridized carbons (Fsp3) is 0.522. The van der Waals surface area contributed by atoms with Crippen LogP contribution in [0.5, 0.6) is 5.75 Å². The summed E-state index contributed by atoms with van der Waals surface area (Å²) in [5.41, 5.74) is 1.87. The van der Waals surface area contributed by atoms with Gasteiger partial charge in [0.05, 0.1) is 12.7 Å². The molecular weight excluding hydrogens is 364 g/mol. The van der Waals surface area contributed by atoms with Gasteiger partial charge in [0.1, 0.15) is 11.6 Å². The standard InChI is InChI=1S/C23H32N4O2/c1-4-27(23(28)21-14-24-18(2)25-15-21)17-20-8-6-11-26(16-20)12-10-19-7-5-9-22(13-19)29-3/h5,7,9,13-15,20H,4,6,8,10-12,16-17H2,1-3H3. The number of rotatable bonds is 8. The van der Waals surface area contributed by atoms with Gasteiger partial charge in [0.2, 0.25) is 0 Å². The molecule has 0 radical (unpaired) electrons. The number of methoxy groups -OCH3 is 1. The number of aromatic nitrogens is 2. The van der Waals surface area contributed by atoms with E-state index in [0.717, 1.165) is 38.3 Å². The third-order valence-electron chi connectivity index (χ3n) is 5.63. The maximum atomic E-state index is 12.8. The van der Waals surface area contributed by atoms with Crippen molar-refractivity contribution in [3.8, 4) is 5.75 Å². The number of likely N-dealkylation sites (tertiary alicyclic amines) is 1. The smallest absolute Gasteiger partial charge is 0.256 e. The van der Waals surface area contributed by atoms with Crippen LogP contribution in [0.3, 0.4) is 0 Å². The number of ether oxygens (including phenoxy) is 1. The second-order valence-electron chi connectivity index (χ2n) is 7.77. The molecule has 6 nitrogen and oxygen atoms in total.